The van der Waals surface area contributed by atoms with Gasteiger partial charge in [0.1, 0.15) is 5.65 Å². The minimum atomic E-state index is 0.661. The normalized spacial score (nSPS) is 23.5. The van der Waals surface area contributed by atoms with E-state index in [1.54, 1.807) is 0 Å². The highest BCUT2D eigenvalue weighted by atomic mass is 15.3. The van der Waals surface area contributed by atoms with Crippen molar-refractivity contribution >= 4 is 11.0 Å². The second kappa shape index (κ2) is 5.00. The molecule has 2 aromatic rings. The van der Waals surface area contributed by atoms with Crippen LogP contribution in [-0.2, 0) is 7.05 Å². The quantitative estimate of drug-likeness (QED) is 0.917. The highest BCUT2D eigenvalue weighted by molar-refractivity contribution is 5.79. The Kier molecular flexibility index (Phi) is 3.35. The van der Waals surface area contributed by atoms with Gasteiger partial charge in [-0.1, -0.05) is 0 Å². The first-order valence-corrected chi connectivity index (χ1v) is 7.35. The van der Waals surface area contributed by atoms with Crippen LogP contribution >= 0.6 is 0 Å². The molecule has 1 aliphatic carbocycles. The standard InChI is InChI=1S/C15H24N4/c1-11-14-7-9-19(15(14)18(3)17-11)13-5-4-12(10-13)6-8-16-2/h7,9,12-13,16H,4-6,8,10H2,1-3H3. The predicted molar refractivity (Wildman–Crippen MR) is 78.4 cm³/mol. The molecule has 104 valence electrons. The maximum atomic E-state index is 4.54. The summed E-state index contributed by atoms with van der Waals surface area (Å²) in [6.45, 7) is 3.24. The Morgan fingerprint density at radius 3 is 3.05 bits per heavy atom. The molecule has 1 N–H and O–H groups in total. The Labute approximate surface area is 114 Å². The SMILES string of the molecule is CNCCC1CCC(n2ccc3c(C)nn(C)c32)C1. The van der Waals surface area contributed by atoms with Gasteiger partial charge in [-0.25, -0.2) is 0 Å². The smallest absolute Gasteiger partial charge is 0.138 e. The molecule has 2 heterocycles. The highest BCUT2D eigenvalue weighted by Crippen LogP contribution is 2.38. The summed E-state index contributed by atoms with van der Waals surface area (Å²) >= 11 is 0. The molecular weight excluding hydrogens is 236 g/mol. The number of nitrogens with zero attached hydrogens (tertiary/aromatic N) is 3. The van der Waals surface area contributed by atoms with Gasteiger partial charge in [0.25, 0.3) is 0 Å². The lowest BCUT2D eigenvalue weighted by Gasteiger charge is -2.15. The summed E-state index contributed by atoms with van der Waals surface area (Å²) < 4.78 is 4.49. The third kappa shape index (κ3) is 2.18. The number of rotatable bonds is 4. The van der Waals surface area contributed by atoms with Crippen molar-refractivity contribution in [2.75, 3.05) is 13.6 Å². The third-order valence-electron chi connectivity index (χ3n) is 4.59. The number of nitrogens with one attached hydrogen (secondary N) is 1. The Morgan fingerprint density at radius 2 is 2.26 bits per heavy atom. The Balaban J connectivity index is 1.82. The zero-order chi connectivity index (χ0) is 13.4. The highest BCUT2D eigenvalue weighted by Gasteiger charge is 2.27. The van der Waals surface area contributed by atoms with Gasteiger partial charge in [-0.15, -0.1) is 0 Å². The molecule has 4 nitrogen and oxygen atoms in total. The van der Waals surface area contributed by atoms with Crippen molar-refractivity contribution < 1.29 is 0 Å². The molecule has 2 atom stereocenters. The average Bonchev–Trinajstić information content (AvgIpc) is 3.06. The van der Waals surface area contributed by atoms with Crippen molar-refractivity contribution in [2.45, 2.75) is 38.6 Å². The molecule has 3 rings (SSSR count). The zero-order valence-corrected chi connectivity index (χ0v) is 12.2. The van der Waals surface area contributed by atoms with E-state index in [9.17, 15) is 0 Å². The van der Waals surface area contributed by atoms with Gasteiger partial charge in [0.15, 0.2) is 0 Å². The van der Waals surface area contributed by atoms with Gasteiger partial charge < -0.3 is 9.88 Å². The molecule has 0 saturated heterocycles. The number of aryl methyl sites for hydroxylation is 2. The second-order valence-electron chi connectivity index (χ2n) is 5.89. The lowest BCUT2D eigenvalue weighted by atomic mass is 10.0. The van der Waals surface area contributed by atoms with Gasteiger partial charge in [0.2, 0.25) is 0 Å². The van der Waals surface area contributed by atoms with E-state index in [1.165, 1.54) is 36.7 Å². The lowest BCUT2D eigenvalue weighted by molar-refractivity contribution is 0.452. The molecule has 2 aromatic heterocycles. The molecule has 1 aliphatic rings. The number of fused-ring (bicyclic) bond motifs is 1. The maximum absolute atomic E-state index is 4.54. The average molecular weight is 260 g/mol. The zero-order valence-electron chi connectivity index (χ0n) is 12.2. The number of aromatic nitrogens is 3. The number of hydrogen-bond donors (Lipinski definition) is 1. The van der Waals surface area contributed by atoms with E-state index < -0.39 is 0 Å². The van der Waals surface area contributed by atoms with Gasteiger partial charge in [0.05, 0.1) is 5.69 Å². The predicted octanol–water partition coefficient (Wildman–Crippen LogP) is 2.63. The molecule has 2 unspecified atom stereocenters. The van der Waals surface area contributed by atoms with E-state index in [0.29, 0.717) is 6.04 Å². The lowest BCUT2D eigenvalue weighted by Crippen LogP contribution is -2.12. The number of hydrogen-bond acceptors (Lipinski definition) is 2. The van der Waals surface area contributed by atoms with Crippen LogP contribution in [0.15, 0.2) is 12.3 Å². The van der Waals surface area contributed by atoms with Crippen LogP contribution in [0.3, 0.4) is 0 Å². The van der Waals surface area contributed by atoms with Crippen molar-refractivity contribution in [2.24, 2.45) is 13.0 Å². The molecule has 0 radical (unpaired) electrons. The van der Waals surface area contributed by atoms with Gasteiger partial charge in [-0.3, -0.25) is 4.68 Å². The summed E-state index contributed by atoms with van der Waals surface area (Å²) in [7, 11) is 4.10. The third-order valence-corrected chi connectivity index (χ3v) is 4.59. The maximum Gasteiger partial charge on any atom is 0.138 e. The fourth-order valence-electron chi connectivity index (χ4n) is 3.60. The van der Waals surface area contributed by atoms with Crippen LogP contribution in [0.1, 0.15) is 37.4 Å². The van der Waals surface area contributed by atoms with Crippen LogP contribution in [0.4, 0.5) is 0 Å². The Morgan fingerprint density at radius 1 is 1.42 bits per heavy atom. The van der Waals surface area contributed by atoms with Crippen LogP contribution in [0.25, 0.3) is 11.0 Å². The van der Waals surface area contributed by atoms with Gasteiger partial charge in [-0.05, 0) is 58.2 Å². The van der Waals surface area contributed by atoms with E-state index in [1.807, 2.05) is 11.7 Å². The van der Waals surface area contributed by atoms with Crippen LogP contribution in [0.5, 0.6) is 0 Å². The molecule has 0 spiro atoms. The van der Waals surface area contributed by atoms with E-state index in [4.69, 9.17) is 0 Å². The summed E-state index contributed by atoms with van der Waals surface area (Å²) in [5.41, 5.74) is 2.43. The van der Waals surface area contributed by atoms with E-state index in [0.717, 1.165) is 18.2 Å². The summed E-state index contributed by atoms with van der Waals surface area (Å²) in [6.07, 6.45) is 7.55. The molecule has 0 amide bonds. The first-order valence-electron chi connectivity index (χ1n) is 7.35. The van der Waals surface area contributed by atoms with Crippen LogP contribution in [0.2, 0.25) is 0 Å². The Bertz CT molecular complexity index is 566. The Hall–Kier alpha value is -1.29. The molecule has 0 bridgehead atoms. The van der Waals surface area contributed by atoms with Crippen molar-refractivity contribution in [3.63, 3.8) is 0 Å². The first kappa shape index (κ1) is 12.7. The van der Waals surface area contributed by atoms with Crippen molar-refractivity contribution in [1.82, 2.24) is 19.7 Å². The summed E-state index contributed by atoms with van der Waals surface area (Å²) in [4.78, 5) is 0. The molecule has 1 fully saturated rings. The molecule has 4 heteroatoms. The summed E-state index contributed by atoms with van der Waals surface area (Å²) in [5, 5.41) is 9.11. The van der Waals surface area contributed by atoms with E-state index in [-0.39, 0.29) is 0 Å². The van der Waals surface area contributed by atoms with Crippen molar-refractivity contribution in [1.29, 1.82) is 0 Å². The minimum absolute atomic E-state index is 0.661. The summed E-state index contributed by atoms with van der Waals surface area (Å²) in [6, 6.07) is 2.88. The monoisotopic (exact) mass is 260 g/mol. The molecule has 19 heavy (non-hydrogen) atoms. The van der Waals surface area contributed by atoms with Gasteiger partial charge in [0, 0.05) is 24.7 Å². The first-order chi connectivity index (χ1) is 9.20. The van der Waals surface area contributed by atoms with Gasteiger partial charge >= 0.3 is 0 Å². The molecular formula is C15H24N4. The second-order valence-corrected chi connectivity index (χ2v) is 5.89. The summed E-state index contributed by atoms with van der Waals surface area (Å²) in [5.74, 6) is 0.879. The van der Waals surface area contributed by atoms with E-state index >= 15 is 0 Å². The van der Waals surface area contributed by atoms with Crippen molar-refractivity contribution in [3.05, 3.63) is 18.0 Å². The van der Waals surface area contributed by atoms with Crippen molar-refractivity contribution in [3.8, 4) is 0 Å². The fraction of sp³-hybridized carbons (Fsp3) is 0.667. The van der Waals surface area contributed by atoms with E-state index in [2.05, 4.69) is 41.2 Å². The van der Waals surface area contributed by atoms with Gasteiger partial charge in [-0.2, -0.15) is 5.10 Å². The minimum Gasteiger partial charge on any atom is -0.330 e. The van der Waals surface area contributed by atoms with Crippen LogP contribution in [-0.4, -0.2) is 27.9 Å². The largest absolute Gasteiger partial charge is 0.330 e. The van der Waals surface area contributed by atoms with Crippen LogP contribution < -0.4 is 5.32 Å². The fourth-order valence-corrected chi connectivity index (χ4v) is 3.60. The van der Waals surface area contributed by atoms with Crippen LogP contribution in [0, 0.1) is 12.8 Å². The molecule has 1 saturated carbocycles. The molecule has 0 aliphatic heterocycles. The molecule has 0 aromatic carbocycles. The topological polar surface area (TPSA) is 34.8 Å².